The number of likely N-dealkylation sites (tertiary alicyclic amines) is 1. The second-order valence-electron chi connectivity index (χ2n) is 8.61. The van der Waals surface area contributed by atoms with Crippen molar-refractivity contribution in [2.45, 2.75) is 32.7 Å². The van der Waals surface area contributed by atoms with Crippen molar-refractivity contribution in [1.29, 1.82) is 0 Å². The van der Waals surface area contributed by atoms with E-state index in [9.17, 15) is 9.59 Å². The van der Waals surface area contributed by atoms with Gasteiger partial charge in [-0.05, 0) is 66.3 Å². The normalized spacial score (nSPS) is 18.5. The largest absolute Gasteiger partial charge is 0.353 e. The van der Waals surface area contributed by atoms with Gasteiger partial charge in [0.25, 0.3) is 5.91 Å². The lowest BCUT2D eigenvalue weighted by Crippen LogP contribution is -2.47. The molecule has 1 fully saturated rings. The van der Waals surface area contributed by atoms with E-state index in [0.717, 1.165) is 5.56 Å². The highest BCUT2D eigenvalue weighted by molar-refractivity contribution is 7.08. The van der Waals surface area contributed by atoms with Crippen LogP contribution in [0.2, 0.25) is 0 Å². The number of hydrogen-bond acceptors (Lipinski definition) is 4. The molecule has 1 aliphatic heterocycles. The summed E-state index contributed by atoms with van der Waals surface area (Å²) in [7, 11) is 1.76. The second-order valence-corrected chi connectivity index (χ2v) is 9.39. The summed E-state index contributed by atoms with van der Waals surface area (Å²) in [5.41, 5.74) is 3.39. The van der Waals surface area contributed by atoms with Gasteiger partial charge < -0.3 is 10.2 Å². The predicted octanol–water partition coefficient (Wildman–Crippen LogP) is 3.75. The zero-order chi connectivity index (χ0) is 22.0. The van der Waals surface area contributed by atoms with Crippen LogP contribution >= 0.6 is 11.3 Å². The van der Waals surface area contributed by atoms with Crippen LogP contribution in [0.15, 0.2) is 53.4 Å². The fraction of sp³-hybridized carbons (Fsp3) is 0.375. The van der Waals surface area contributed by atoms with Crippen LogP contribution in [0.4, 0.5) is 0 Å². The van der Waals surface area contributed by atoms with Crippen LogP contribution in [0.3, 0.4) is 0 Å². The lowest BCUT2D eigenvalue weighted by molar-refractivity contribution is -0.130. The molecule has 0 radical (unpaired) electrons. The van der Waals surface area contributed by atoms with Crippen LogP contribution < -0.4 is 5.32 Å². The van der Waals surface area contributed by atoms with Crippen molar-refractivity contribution in [3.8, 4) is 11.1 Å². The molecule has 0 spiro atoms. The lowest BCUT2D eigenvalue weighted by Gasteiger charge is -2.29. The smallest absolute Gasteiger partial charge is 0.272 e. The monoisotopic (exact) mass is 436 g/mol. The molecule has 2 amide bonds. The summed E-state index contributed by atoms with van der Waals surface area (Å²) < 4.78 is 1.58. The van der Waals surface area contributed by atoms with Crippen molar-refractivity contribution in [3.05, 3.63) is 64.6 Å². The fourth-order valence-corrected chi connectivity index (χ4v) is 4.92. The minimum absolute atomic E-state index is 0.0183. The van der Waals surface area contributed by atoms with Crippen molar-refractivity contribution in [1.82, 2.24) is 20.0 Å². The Hall–Kier alpha value is -2.93. The summed E-state index contributed by atoms with van der Waals surface area (Å²) in [6, 6.07) is 12.3. The SMILES string of the molecule is CC(C)NC(=O)C1(Cc2ccc(-c3ccsc3)cc2)CCN(C(=O)c2ccnn2C)C1. The van der Waals surface area contributed by atoms with Crippen LogP contribution in [0.5, 0.6) is 0 Å². The quantitative estimate of drug-likeness (QED) is 0.640. The molecule has 0 bridgehead atoms. The molecule has 1 saturated heterocycles. The Balaban J connectivity index is 1.57. The Morgan fingerprint density at radius 1 is 1.16 bits per heavy atom. The van der Waals surface area contributed by atoms with Gasteiger partial charge in [-0.3, -0.25) is 14.3 Å². The van der Waals surface area contributed by atoms with Crippen molar-refractivity contribution in [3.63, 3.8) is 0 Å². The molecule has 1 N–H and O–H groups in total. The molecule has 1 unspecified atom stereocenters. The number of aromatic nitrogens is 2. The molecule has 1 aliphatic rings. The molecule has 3 heterocycles. The van der Waals surface area contributed by atoms with Crippen LogP contribution in [0.1, 0.15) is 36.3 Å². The van der Waals surface area contributed by atoms with E-state index in [1.807, 2.05) is 13.8 Å². The molecule has 1 atom stereocenters. The first-order valence-corrected chi connectivity index (χ1v) is 11.5. The number of thiophene rings is 1. The van der Waals surface area contributed by atoms with Crippen molar-refractivity contribution in [2.75, 3.05) is 13.1 Å². The van der Waals surface area contributed by atoms with Gasteiger partial charge in [0.15, 0.2) is 0 Å². The van der Waals surface area contributed by atoms with E-state index in [4.69, 9.17) is 0 Å². The van der Waals surface area contributed by atoms with Gasteiger partial charge in [-0.2, -0.15) is 16.4 Å². The molecule has 2 aromatic heterocycles. The molecular weight excluding hydrogens is 408 g/mol. The molecule has 162 valence electrons. The number of benzene rings is 1. The number of aryl methyl sites for hydroxylation is 1. The summed E-state index contributed by atoms with van der Waals surface area (Å²) in [4.78, 5) is 28.1. The third kappa shape index (κ3) is 4.42. The maximum atomic E-state index is 13.3. The summed E-state index contributed by atoms with van der Waals surface area (Å²) >= 11 is 1.68. The van der Waals surface area contributed by atoms with Crippen LogP contribution in [-0.4, -0.2) is 45.6 Å². The highest BCUT2D eigenvalue weighted by Crippen LogP contribution is 2.36. The van der Waals surface area contributed by atoms with E-state index in [2.05, 4.69) is 51.5 Å². The summed E-state index contributed by atoms with van der Waals surface area (Å²) in [6.45, 7) is 4.90. The summed E-state index contributed by atoms with van der Waals surface area (Å²) in [5, 5.41) is 11.4. The highest BCUT2D eigenvalue weighted by atomic mass is 32.1. The maximum Gasteiger partial charge on any atom is 0.272 e. The van der Waals surface area contributed by atoms with Crippen LogP contribution in [-0.2, 0) is 18.3 Å². The Labute approximate surface area is 186 Å². The van der Waals surface area contributed by atoms with Gasteiger partial charge in [-0.1, -0.05) is 24.3 Å². The van der Waals surface area contributed by atoms with Crippen molar-refractivity contribution in [2.24, 2.45) is 12.5 Å². The van der Waals surface area contributed by atoms with Gasteiger partial charge >= 0.3 is 0 Å². The summed E-state index contributed by atoms with van der Waals surface area (Å²) in [5.74, 6) is -0.0586. The van der Waals surface area contributed by atoms with Crippen LogP contribution in [0.25, 0.3) is 11.1 Å². The number of carbonyl (C=O) groups excluding carboxylic acids is 2. The molecule has 6 nitrogen and oxygen atoms in total. The highest BCUT2D eigenvalue weighted by Gasteiger charge is 2.46. The first kappa shape index (κ1) is 21.3. The third-order valence-corrected chi connectivity index (χ3v) is 6.62. The first-order valence-electron chi connectivity index (χ1n) is 10.6. The number of amides is 2. The van der Waals surface area contributed by atoms with Gasteiger partial charge in [-0.25, -0.2) is 0 Å². The van der Waals surface area contributed by atoms with E-state index in [0.29, 0.717) is 31.6 Å². The van der Waals surface area contributed by atoms with E-state index in [1.54, 1.807) is 40.2 Å². The summed E-state index contributed by atoms with van der Waals surface area (Å²) in [6.07, 6.45) is 2.86. The third-order valence-electron chi connectivity index (χ3n) is 5.93. The predicted molar refractivity (Wildman–Crippen MR) is 123 cm³/mol. The topological polar surface area (TPSA) is 67.2 Å². The number of nitrogens with one attached hydrogen (secondary N) is 1. The first-order chi connectivity index (χ1) is 14.9. The molecule has 31 heavy (non-hydrogen) atoms. The minimum Gasteiger partial charge on any atom is -0.353 e. The van der Waals surface area contributed by atoms with Crippen molar-refractivity contribution < 1.29 is 9.59 Å². The molecule has 0 saturated carbocycles. The average molecular weight is 437 g/mol. The lowest BCUT2D eigenvalue weighted by atomic mass is 9.79. The molecule has 1 aromatic carbocycles. The molecule has 3 aromatic rings. The van der Waals surface area contributed by atoms with Gasteiger partial charge in [-0.15, -0.1) is 0 Å². The fourth-order valence-electron chi connectivity index (χ4n) is 4.25. The van der Waals surface area contributed by atoms with E-state index < -0.39 is 5.41 Å². The number of rotatable bonds is 6. The zero-order valence-electron chi connectivity index (χ0n) is 18.2. The Kier molecular flexibility index (Phi) is 5.96. The number of hydrogen-bond donors (Lipinski definition) is 1. The van der Waals surface area contributed by atoms with E-state index in [-0.39, 0.29) is 17.9 Å². The average Bonchev–Trinajstić information content (AvgIpc) is 3.49. The minimum atomic E-state index is -0.636. The Bertz CT molecular complexity index is 1060. The van der Waals surface area contributed by atoms with Gasteiger partial charge in [0.1, 0.15) is 5.69 Å². The number of nitrogens with zero attached hydrogens (tertiary/aromatic N) is 3. The Morgan fingerprint density at radius 2 is 1.94 bits per heavy atom. The number of carbonyl (C=O) groups is 2. The van der Waals surface area contributed by atoms with Crippen molar-refractivity contribution >= 4 is 23.2 Å². The molecule has 4 rings (SSSR count). The molecular formula is C24H28N4O2S. The zero-order valence-corrected chi connectivity index (χ0v) is 19.0. The van der Waals surface area contributed by atoms with Crippen LogP contribution in [0, 0.1) is 5.41 Å². The maximum absolute atomic E-state index is 13.3. The standard InChI is InChI=1S/C24H28N4O2S/c1-17(2)26-23(30)24(10-12-28(16-24)22(29)21-8-11-25-27(21)3)14-18-4-6-19(7-5-18)20-9-13-31-15-20/h4-9,11,13,15,17H,10,12,14,16H2,1-3H3,(H,26,30). The van der Waals surface area contributed by atoms with Gasteiger partial charge in [0.05, 0.1) is 5.41 Å². The Morgan fingerprint density at radius 3 is 2.55 bits per heavy atom. The van der Waals surface area contributed by atoms with Gasteiger partial charge in [0, 0.05) is 32.4 Å². The van der Waals surface area contributed by atoms with E-state index >= 15 is 0 Å². The van der Waals surface area contributed by atoms with E-state index in [1.165, 1.54) is 11.1 Å². The molecule has 0 aliphatic carbocycles. The molecule has 7 heteroatoms. The van der Waals surface area contributed by atoms with Gasteiger partial charge in [0.2, 0.25) is 5.91 Å². The second kappa shape index (κ2) is 8.67.